The number of benzene rings is 1. The Morgan fingerprint density at radius 1 is 1.55 bits per heavy atom. The van der Waals surface area contributed by atoms with Crippen LogP contribution >= 0.6 is 15.9 Å². The second kappa shape index (κ2) is 6.99. The summed E-state index contributed by atoms with van der Waals surface area (Å²) in [6, 6.07) is 2.56. The van der Waals surface area contributed by atoms with Gasteiger partial charge in [0.1, 0.15) is 0 Å². The molecule has 0 amide bonds. The molecule has 108 valence electrons. The van der Waals surface area contributed by atoms with E-state index in [4.69, 9.17) is 9.47 Å². The average molecular weight is 346 g/mol. The van der Waals surface area contributed by atoms with Crippen molar-refractivity contribution in [3.63, 3.8) is 0 Å². The minimum absolute atomic E-state index is 0.0257. The Balaban J connectivity index is 3.18. The lowest BCUT2D eigenvalue weighted by molar-refractivity contribution is -0.386. The molecule has 1 aromatic carbocycles. The van der Waals surface area contributed by atoms with Crippen molar-refractivity contribution in [3.05, 3.63) is 32.3 Å². The number of carbonyl (C=O) groups excluding carboxylic acids is 2. The molecule has 7 nitrogen and oxygen atoms in total. The molecule has 0 saturated heterocycles. The zero-order valence-corrected chi connectivity index (χ0v) is 12.4. The topological polar surface area (TPSA) is 95.7 Å². The number of carbonyl (C=O) groups is 2. The monoisotopic (exact) mass is 345 g/mol. The van der Waals surface area contributed by atoms with Crippen molar-refractivity contribution in [3.8, 4) is 5.75 Å². The lowest BCUT2D eigenvalue weighted by Crippen LogP contribution is -2.26. The van der Waals surface area contributed by atoms with Gasteiger partial charge in [-0.3, -0.25) is 14.9 Å². The van der Waals surface area contributed by atoms with Gasteiger partial charge in [0.05, 0.1) is 17.1 Å². The van der Waals surface area contributed by atoms with Crippen LogP contribution in [0.2, 0.25) is 0 Å². The molecule has 20 heavy (non-hydrogen) atoms. The van der Waals surface area contributed by atoms with Crippen LogP contribution in [0.1, 0.15) is 24.2 Å². The summed E-state index contributed by atoms with van der Waals surface area (Å²) in [7, 11) is 0. The molecule has 1 atom stereocenters. The third-order valence-electron chi connectivity index (χ3n) is 2.30. The highest BCUT2D eigenvalue weighted by molar-refractivity contribution is 9.10. The molecule has 0 bridgehead atoms. The smallest absolute Gasteiger partial charge is 0.347 e. The van der Waals surface area contributed by atoms with Gasteiger partial charge in [0, 0.05) is 10.5 Å². The fourth-order valence-corrected chi connectivity index (χ4v) is 1.90. The Morgan fingerprint density at radius 2 is 2.20 bits per heavy atom. The van der Waals surface area contributed by atoms with Crippen molar-refractivity contribution in [1.29, 1.82) is 0 Å². The summed E-state index contributed by atoms with van der Waals surface area (Å²) in [4.78, 5) is 32.8. The first kappa shape index (κ1) is 16.1. The number of aldehydes is 1. The molecule has 0 spiro atoms. The summed E-state index contributed by atoms with van der Waals surface area (Å²) in [6.45, 7) is 3.18. The van der Waals surface area contributed by atoms with Gasteiger partial charge in [-0.15, -0.1) is 0 Å². The van der Waals surface area contributed by atoms with Gasteiger partial charge < -0.3 is 9.47 Å². The van der Waals surface area contributed by atoms with E-state index in [0.29, 0.717) is 10.8 Å². The highest BCUT2D eigenvalue weighted by atomic mass is 79.9. The van der Waals surface area contributed by atoms with E-state index in [-0.39, 0.29) is 17.9 Å². The molecule has 0 aliphatic carbocycles. The molecule has 0 aromatic heterocycles. The van der Waals surface area contributed by atoms with Gasteiger partial charge in [0.25, 0.3) is 0 Å². The SMILES string of the molecule is CCOC(=O)C(C)Oc1c(C=O)cc(Br)cc1[N+](=O)[O-]. The van der Waals surface area contributed by atoms with Crippen LogP contribution in [0.15, 0.2) is 16.6 Å². The largest absolute Gasteiger partial charge is 0.471 e. The molecule has 0 heterocycles. The van der Waals surface area contributed by atoms with E-state index < -0.39 is 22.7 Å². The molecule has 8 heteroatoms. The molecule has 0 aliphatic heterocycles. The van der Waals surface area contributed by atoms with Crippen molar-refractivity contribution < 1.29 is 24.0 Å². The maximum absolute atomic E-state index is 11.5. The number of ether oxygens (including phenoxy) is 2. The van der Waals surface area contributed by atoms with Crippen molar-refractivity contribution in [2.75, 3.05) is 6.61 Å². The predicted molar refractivity (Wildman–Crippen MR) is 72.9 cm³/mol. The van der Waals surface area contributed by atoms with Crippen LogP contribution in [0.25, 0.3) is 0 Å². The first-order valence-corrected chi connectivity index (χ1v) is 6.46. The second-order valence-electron chi connectivity index (χ2n) is 3.73. The van der Waals surface area contributed by atoms with E-state index in [2.05, 4.69) is 15.9 Å². The van der Waals surface area contributed by atoms with Crippen molar-refractivity contribution >= 4 is 33.9 Å². The molecule has 1 rings (SSSR count). The van der Waals surface area contributed by atoms with Crippen LogP contribution in [0.5, 0.6) is 5.75 Å². The molecular formula is C12H12BrNO6. The number of nitro benzene ring substituents is 1. The number of halogens is 1. The molecule has 0 radical (unpaired) electrons. The van der Waals surface area contributed by atoms with E-state index in [1.54, 1.807) is 6.92 Å². The summed E-state index contributed by atoms with van der Waals surface area (Å²) < 4.78 is 10.3. The Hall–Kier alpha value is -1.96. The summed E-state index contributed by atoms with van der Waals surface area (Å²) in [5.41, 5.74) is -0.431. The van der Waals surface area contributed by atoms with Crippen LogP contribution in [-0.2, 0) is 9.53 Å². The zero-order chi connectivity index (χ0) is 15.3. The number of esters is 1. The Labute approximate surface area is 123 Å². The van der Waals surface area contributed by atoms with E-state index in [1.807, 2.05) is 0 Å². The van der Waals surface area contributed by atoms with Crippen LogP contribution in [-0.4, -0.2) is 29.9 Å². The van der Waals surface area contributed by atoms with Gasteiger partial charge >= 0.3 is 11.7 Å². The highest BCUT2D eigenvalue weighted by Crippen LogP contribution is 2.34. The average Bonchev–Trinajstić information content (AvgIpc) is 2.39. The van der Waals surface area contributed by atoms with Gasteiger partial charge in [-0.1, -0.05) is 15.9 Å². The molecule has 0 saturated carbocycles. The fourth-order valence-electron chi connectivity index (χ4n) is 1.44. The standard InChI is InChI=1S/C12H12BrNO6/c1-3-19-12(16)7(2)20-11-8(6-15)4-9(13)5-10(11)14(17)18/h4-7H,3H2,1-2H3. The van der Waals surface area contributed by atoms with Crippen LogP contribution in [0.4, 0.5) is 5.69 Å². The normalized spacial score (nSPS) is 11.6. The van der Waals surface area contributed by atoms with Gasteiger partial charge in [-0.2, -0.15) is 0 Å². The molecule has 0 fully saturated rings. The third-order valence-corrected chi connectivity index (χ3v) is 2.76. The second-order valence-corrected chi connectivity index (χ2v) is 4.65. The first-order chi connectivity index (χ1) is 9.40. The summed E-state index contributed by atoms with van der Waals surface area (Å²) in [5.74, 6) is -0.921. The van der Waals surface area contributed by atoms with Crippen LogP contribution in [0, 0.1) is 10.1 Å². The van der Waals surface area contributed by atoms with E-state index >= 15 is 0 Å². The van der Waals surface area contributed by atoms with Gasteiger partial charge in [0.2, 0.25) is 5.75 Å². The lowest BCUT2D eigenvalue weighted by atomic mass is 10.2. The van der Waals surface area contributed by atoms with E-state index in [9.17, 15) is 19.7 Å². The van der Waals surface area contributed by atoms with Gasteiger partial charge in [-0.25, -0.2) is 4.79 Å². The van der Waals surface area contributed by atoms with Crippen LogP contribution < -0.4 is 4.74 Å². The van der Waals surface area contributed by atoms with E-state index in [0.717, 1.165) is 0 Å². The number of rotatable bonds is 6. The molecular weight excluding hydrogens is 334 g/mol. The molecule has 0 N–H and O–H groups in total. The van der Waals surface area contributed by atoms with Crippen molar-refractivity contribution in [1.82, 2.24) is 0 Å². The molecule has 1 unspecified atom stereocenters. The fraction of sp³-hybridized carbons (Fsp3) is 0.333. The van der Waals surface area contributed by atoms with Crippen LogP contribution in [0.3, 0.4) is 0 Å². The summed E-state index contributed by atoms with van der Waals surface area (Å²) in [6.07, 6.45) is -0.640. The molecule has 1 aromatic rings. The maximum Gasteiger partial charge on any atom is 0.347 e. The van der Waals surface area contributed by atoms with Crippen molar-refractivity contribution in [2.24, 2.45) is 0 Å². The minimum atomic E-state index is -1.06. The minimum Gasteiger partial charge on any atom is -0.471 e. The zero-order valence-electron chi connectivity index (χ0n) is 10.8. The Kier molecular flexibility index (Phi) is 5.63. The quantitative estimate of drug-likeness (QED) is 0.340. The number of hydrogen-bond acceptors (Lipinski definition) is 6. The van der Waals surface area contributed by atoms with Gasteiger partial charge in [0.15, 0.2) is 12.4 Å². The third kappa shape index (κ3) is 3.77. The Morgan fingerprint density at radius 3 is 2.70 bits per heavy atom. The number of nitro groups is 1. The number of hydrogen-bond donors (Lipinski definition) is 0. The first-order valence-electron chi connectivity index (χ1n) is 5.67. The lowest BCUT2D eigenvalue weighted by Gasteiger charge is -2.14. The Bertz CT molecular complexity index is 545. The van der Waals surface area contributed by atoms with Crippen molar-refractivity contribution in [2.45, 2.75) is 20.0 Å². The van der Waals surface area contributed by atoms with Gasteiger partial charge in [-0.05, 0) is 19.9 Å². The summed E-state index contributed by atoms with van der Waals surface area (Å²) >= 11 is 3.07. The highest BCUT2D eigenvalue weighted by Gasteiger charge is 2.25. The maximum atomic E-state index is 11.5. The van der Waals surface area contributed by atoms with E-state index in [1.165, 1.54) is 19.1 Å². The number of nitrogens with zero attached hydrogens (tertiary/aromatic N) is 1. The molecule has 0 aliphatic rings. The summed E-state index contributed by atoms with van der Waals surface area (Å²) in [5, 5.41) is 11.0. The predicted octanol–water partition coefficient (Wildman–Crippen LogP) is 2.50.